The number of aryl methyl sites for hydroxylation is 4. The Labute approximate surface area is 285 Å². The van der Waals surface area contributed by atoms with Crippen molar-refractivity contribution in [3.63, 3.8) is 0 Å². The van der Waals surface area contributed by atoms with Crippen LogP contribution in [0.1, 0.15) is 90.5 Å². The van der Waals surface area contributed by atoms with Crippen LogP contribution in [0.5, 0.6) is 0 Å². The van der Waals surface area contributed by atoms with Crippen LogP contribution in [0.2, 0.25) is 0 Å². The van der Waals surface area contributed by atoms with Crippen molar-refractivity contribution in [2.45, 2.75) is 96.9 Å². The highest BCUT2D eigenvalue weighted by molar-refractivity contribution is 6.04. The van der Waals surface area contributed by atoms with Gasteiger partial charge in [0.2, 0.25) is 11.8 Å². The molecule has 1 fully saturated rings. The van der Waals surface area contributed by atoms with E-state index < -0.39 is 40.5 Å². The maximum Gasteiger partial charge on any atom is 0.238 e. The fourth-order valence-electron chi connectivity index (χ4n) is 7.59. The second-order valence-corrected chi connectivity index (χ2v) is 14.1. The summed E-state index contributed by atoms with van der Waals surface area (Å²) >= 11 is 0. The van der Waals surface area contributed by atoms with Gasteiger partial charge in [-0.25, -0.2) is 0 Å². The fraction of sp³-hybridized carbons (Fsp3) is 0.381. The average Bonchev–Trinajstić information content (AvgIpc) is 3.09. The molecule has 6 heteroatoms. The van der Waals surface area contributed by atoms with Crippen LogP contribution in [-0.4, -0.2) is 39.0 Å². The molecule has 0 radical (unpaired) electrons. The number of hydrogen-bond donors (Lipinski definition) is 3. The highest BCUT2D eigenvalue weighted by atomic mass is 16.3. The minimum Gasteiger partial charge on any atom is -0.378 e. The van der Waals surface area contributed by atoms with Crippen molar-refractivity contribution in [1.82, 2.24) is 4.90 Å². The molecule has 0 aliphatic heterocycles. The van der Waals surface area contributed by atoms with Gasteiger partial charge in [-0.05, 0) is 76.6 Å². The Morgan fingerprint density at radius 3 is 1.10 bits per heavy atom. The van der Waals surface area contributed by atoms with Gasteiger partial charge in [0.05, 0.1) is 12.1 Å². The zero-order valence-corrected chi connectivity index (χ0v) is 29.2. The molecule has 2 atom stereocenters. The molecule has 0 aromatic heterocycles. The third-order valence-electron chi connectivity index (χ3n) is 10.8. The molecular formula is C42H50N2O4. The summed E-state index contributed by atoms with van der Waals surface area (Å²) in [7, 11) is 0. The SMILES string of the molecule is Cc1ccc(C(O)(c2ccc(C)cc2)C(C)N(C(=O)C2(C(N)=O)CCCCC2)C(C)C(O)(c2ccc(C)cc2)c2ccc(C)cc2)cc1. The van der Waals surface area contributed by atoms with Gasteiger partial charge < -0.3 is 20.8 Å². The highest BCUT2D eigenvalue weighted by Crippen LogP contribution is 2.46. The summed E-state index contributed by atoms with van der Waals surface area (Å²) in [4.78, 5) is 30.4. The predicted octanol–water partition coefficient (Wildman–Crippen LogP) is 7.13. The van der Waals surface area contributed by atoms with Crippen molar-refractivity contribution < 1.29 is 19.8 Å². The first kappa shape index (κ1) is 35.1. The van der Waals surface area contributed by atoms with Crippen LogP contribution in [0.25, 0.3) is 0 Å². The van der Waals surface area contributed by atoms with E-state index in [9.17, 15) is 15.0 Å². The largest absolute Gasteiger partial charge is 0.378 e. The van der Waals surface area contributed by atoms with Crippen molar-refractivity contribution in [2.24, 2.45) is 11.1 Å². The minimum absolute atomic E-state index is 0.318. The van der Waals surface area contributed by atoms with Gasteiger partial charge in [0.25, 0.3) is 0 Å². The zero-order chi connectivity index (χ0) is 34.9. The molecule has 0 heterocycles. The first-order valence-electron chi connectivity index (χ1n) is 17.1. The summed E-state index contributed by atoms with van der Waals surface area (Å²) < 4.78 is 0. The summed E-state index contributed by atoms with van der Waals surface area (Å²) in [6.07, 6.45) is 2.91. The van der Waals surface area contributed by atoms with Gasteiger partial charge in [-0.2, -0.15) is 0 Å². The number of nitrogens with two attached hydrogens (primary N) is 1. The Balaban J connectivity index is 1.80. The molecule has 6 nitrogen and oxygen atoms in total. The molecule has 2 amide bonds. The second kappa shape index (κ2) is 13.7. The lowest BCUT2D eigenvalue weighted by Crippen LogP contribution is -2.65. The number of hydrogen-bond acceptors (Lipinski definition) is 4. The van der Waals surface area contributed by atoms with Gasteiger partial charge in [0.1, 0.15) is 16.6 Å². The van der Waals surface area contributed by atoms with Crippen LogP contribution in [0, 0.1) is 33.1 Å². The number of nitrogens with zero attached hydrogens (tertiary/aromatic N) is 1. The van der Waals surface area contributed by atoms with Crippen LogP contribution in [0.4, 0.5) is 0 Å². The van der Waals surface area contributed by atoms with Crippen LogP contribution >= 0.6 is 0 Å². The summed E-state index contributed by atoms with van der Waals surface area (Å²) in [5.74, 6) is -1.13. The van der Waals surface area contributed by atoms with E-state index in [1.165, 1.54) is 0 Å². The van der Waals surface area contributed by atoms with Crippen molar-refractivity contribution in [3.8, 4) is 0 Å². The summed E-state index contributed by atoms with van der Waals surface area (Å²) in [5.41, 5.74) is 7.76. The summed E-state index contributed by atoms with van der Waals surface area (Å²) in [6.45, 7) is 11.6. The molecule has 2 unspecified atom stereocenters. The molecule has 4 N–H and O–H groups in total. The summed E-state index contributed by atoms with van der Waals surface area (Å²) in [5, 5.41) is 26.4. The van der Waals surface area contributed by atoms with Gasteiger partial charge in [-0.15, -0.1) is 0 Å². The average molecular weight is 647 g/mol. The number of benzene rings is 4. The van der Waals surface area contributed by atoms with Crippen LogP contribution < -0.4 is 5.73 Å². The topological polar surface area (TPSA) is 104 Å². The maximum atomic E-state index is 15.4. The number of aliphatic hydroxyl groups is 2. The lowest BCUT2D eigenvalue weighted by atomic mass is 9.69. The molecule has 1 aliphatic rings. The lowest BCUT2D eigenvalue weighted by Gasteiger charge is -2.51. The monoisotopic (exact) mass is 646 g/mol. The highest BCUT2D eigenvalue weighted by Gasteiger charge is 2.56. The van der Waals surface area contributed by atoms with E-state index in [0.29, 0.717) is 47.9 Å². The second-order valence-electron chi connectivity index (χ2n) is 14.1. The Kier molecular flexibility index (Phi) is 10.0. The molecule has 0 spiro atoms. The summed E-state index contributed by atoms with van der Waals surface area (Å²) in [6, 6.07) is 28.7. The third kappa shape index (κ3) is 6.20. The van der Waals surface area contributed by atoms with Crippen molar-refractivity contribution in [1.29, 1.82) is 0 Å². The quantitative estimate of drug-likeness (QED) is 0.160. The number of amides is 2. The van der Waals surface area contributed by atoms with E-state index in [-0.39, 0.29) is 0 Å². The minimum atomic E-state index is -1.72. The Morgan fingerprint density at radius 2 is 0.854 bits per heavy atom. The molecule has 0 bridgehead atoms. The van der Waals surface area contributed by atoms with Gasteiger partial charge >= 0.3 is 0 Å². The standard InChI is InChI=1S/C42H50N2O4/c1-28-10-18-34(19-11-28)41(47,35-20-12-29(2)13-21-35)32(5)44(39(46)40(38(43)45)26-8-7-9-27-40)33(6)42(48,36-22-14-30(3)15-23-36)37-24-16-31(4)17-25-37/h10-25,32-33,47-48H,7-9,26-27H2,1-6H3,(H2,43,45). The normalized spacial score (nSPS) is 16.2. The fourth-order valence-corrected chi connectivity index (χ4v) is 7.59. The zero-order valence-electron chi connectivity index (χ0n) is 29.2. The molecule has 4 aromatic carbocycles. The maximum absolute atomic E-state index is 15.4. The number of carbonyl (C=O) groups is 2. The molecule has 5 rings (SSSR count). The first-order valence-corrected chi connectivity index (χ1v) is 17.1. The van der Waals surface area contributed by atoms with E-state index in [1.807, 2.05) is 139 Å². The Morgan fingerprint density at radius 1 is 0.583 bits per heavy atom. The molecule has 4 aromatic rings. The van der Waals surface area contributed by atoms with E-state index in [1.54, 1.807) is 4.90 Å². The van der Waals surface area contributed by atoms with Crippen LogP contribution in [-0.2, 0) is 20.8 Å². The first-order chi connectivity index (χ1) is 22.7. The number of rotatable bonds is 10. The Bertz CT molecular complexity index is 1520. The lowest BCUT2D eigenvalue weighted by molar-refractivity contribution is -0.166. The number of primary amides is 1. The molecule has 1 aliphatic carbocycles. The van der Waals surface area contributed by atoms with Gasteiger partial charge in [0, 0.05) is 0 Å². The molecule has 48 heavy (non-hydrogen) atoms. The van der Waals surface area contributed by atoms with Crippen molar-refractivity contribution in [2.75, 3.05) is 0 Å². The molecule has 252 valence electrons. The smallest absolute Gasteiger partial charge is 0.238 e. The number of carbonyl (C=O) groups excluding carboxylic acids is 2. The van der Waals surface area contributed by atoms with Gasteiger partial charge in [0.15, 0.2) is 0 Å². The van der Waals surface area contributed by atoms with Crippen LogP contribution in [0.3, 0.4) is 0 Å². The van der Waals surface area contributed by atoms with Gasteiger partial charge in [-0.1, -0.05) is 139 Å². The van der Waals surface area contributed by atoms with E-state index in [0.717, 1.165) is 28.7 Å². The molecule has 0 saturated heterocycles. The van der Waals surface area contributed by atoms with Crippen LogP contribution in [0.15, 0.2) is 97.1 Å². The molecular weight excluding hydrogens is 596 g/mol. The van der Waals surface area contributed by atoms with Gasteiger partial charge in [-0.3, -0.25) is 9.59 Å². The third-order valence-corrected chi connectivity index (χ3v) is 10.8. The molecule has 1 saturated carbocycles. The van der Waals surface area contributed by atoms with Crippen molar-refractivity contribution >= 4 is 11.8 Å². The Hall–Kier alpha value is -4.26. The van der Waals surface area contributed by atoms with Crippen molar-refractivity contribution in [3.05, 3.63) is 142 Å². The van der Waals surface area contributed by atoms with E-state index in [2.05, 4.69) is 0 Å². The predicted molar refractivity (Wildman–Crippen MR) is 191 cm³/mol. The van der Waals surface area contributed by atoms with E-state index >= 15 is 4.79 Å². The van der Waals surface area contributed by atoms with E-state index in [4.69, 9.17) is 5.73 Å².